The van der Waals surface area contributed by atoms with Crippen LogP contribution in [0.5, 0.6) is 0 Å². The third-order valence-corrected chi connectivity index (χ3v) is 3.73. The summed E-state index contributed by atoms with van der Waals surface area (Å²) in [5.74, 6) is -0.0989. The van der Waals surface area contributed by atoms with E-state index in [1.807, 2.05) is 44.2 Å². The van der Waals surface area contributed by atoms with Gasteiger partial charge in [0.2, 0.25) is 0 Å². The first-order valence-electron chi connectivity index (χ1n) is 7.73. The van der Waals surface area contributed by atoms with Gasteiger partial charge < -0.3 is 19.9 Å². The highest BCUT2D eigenvalue weighted by Crippen LogP contribution is 2.30. The van der Waals surface area contributed by atoms with E-state index in [0.717, 1.165) is 5.56 Å². The second-order valence-electron chi connectivity index (χ2n) is 6.19. The molecular formula is C17H23NO5. The summed E-state index contributed by atoms with van der Waals surface area (Å²) < 4.78 is 10.2. The van der Waals surface area contributed by atoms with Crippen molar-refractivity contribution in [1.82, 2.24) is 5.32 Å². The summed E-state index contributed by atoms with van der Waals surface area (Å²) >= 11 is 0. The molecule has 126 valence electrons. The number of alkyl carbamates (subject to hydrolysis) is 1. The maximum atomic E-state index is 12.4. The van der Waals surface area contributed by atoms with Crippen LogP contribution in [0.1, 0.15) is 25.8 Å². The zero-order chi connectivity index (χ0) is 16.9. The minimum absolute atomic E-state index is 0.136. The molecule has 2 N–H and O–H groups in total. The molecule has 2 rings (SSSR count). The van der Waals surface area contributed by atoms with Crippen molar-refractivity contribution in [1.29, 1.82) is 0 Å². The van der Waals surface area contributed by atoms with Gasteiger partial charge in [-0.25, -0.2) is 4.79 Å². The summed E-state index contributed by atoms with van der Waals surface area (Å²) in [6.45, 7) is 3.86. The summed E-state index contributed by atoms with van der Waals surface area (Å²) in [4.78, 5) is 24.4. The van der Waals surface area contributed by atoms with Crippen LogP contribution in [-0.4, -0.2) is 41.8 Å². The average Bonchev–Trinajstić information content (AvgIpc) is 3.33. The molecule has 0 aliphatic carbocycles. The first-order valence-corrected chi connectivity index (χ1v) is 7.73. The van der Waals surface area contributed by atoms with Crippen molar-refractivity contribution in [2.24, 2.45) is 5.92 Å². The number of aliphatic hydroxyl groups excluding tert-OH is 1. The number of ketones is 1. The van der Waals surface area contributed by atoms with Crippen LogP contribution in [0.3, 0.4) is 0 Å². The van der Waals surface area contributed by atoms with Gasteiger partial charge in [-0.1, -0.05) is 44.2 Å². The molecule has 1 aliphatic rings. The number of carbonyl (C=O) groups is 2. The highest BCUT2D eigenvalue weighted by atomic mass is 16.6. The van der Waals surface area contributed by atoms with Gasteiger partial charge in [-0.3, -0.25) is 4.79 Å². The van der Waals surface area contributed by atoms with Gasteiger partial charge in [-0.05, 0) is 17.9 Å². The van der Waals surface area contributed by atoms with E-state index in [1.54, 1.807) is 0 Å². The van der Waals surface area contributed by atoms with Crippen molar-refractivity contribution in [3.63, 3.8) is 0 Å². The maximum absolute atomic E-state index is 12.4. The summed E-state index contributed by atoms with van der Waals surface area (Å²) in [5, 5.41) is 11.9. The lowest BCUT2D eigenvalue weighted by molar-refractivity contribution is -0.127. The van der Waals surface area contributed by atoms with E-state index >= 15 is 0 Å². The standard InChI is InChI=1S/C17H23NO5/c1-12(2)8-14(15(20)17(10-19)11-23-17)18-16(21)22-9-13-6-4-3-5-7-13/h3-7,12,14,19H,8-11H2,1-2H3,(H,18,21)/t14-,17+/m0/s1. The zero-order valence-corrected chi connectivity index (χ0v) is 13.5. The van der Waals surface area contributed by atoms with Crippen LogP contribution in [-0.2, 0) is 20.9 Å². The second-order valence-corrected chi connectivity index (χ2v) is 6.19. The summed E-state index contributed by atoms with van der Waals surface area (Å²) in [6, 6.07) is 8.57. The third kappa shape index (κ3) is 4.77. The molecule has 6 heteroatoms. The van der Waals surface area contributed by atoms with Crippen LogP contribution in [0.15, 0.2) is 30.3 Å². The molecule has 1 heterocycles. The number of benzene rings is 1. The smallest absolute Gasteiger partial charge is 0.408 e. The molecule has 6 nitrogen and oxygen atoms in total. The second kappa shape index (κ2) is 7.57. The number of carbonyl (C=O) groups excluding carboxylic acids is 2. The van der Waals surface area contributed by atoms with E-state index in [2.05, 4.69) is 5.32 Å². The Morgan fingerprint density at radius 2 is 2.00 bits per heavy atom. The molecule has 0 spiro atoms. The lowest BCUT2D eigenvalue weighted by Gasteiger charge is -2.21. The van der Waals surface area contributed by atoms with E-state index in [9.17, 15) is 14.7 Å². The van der Waals surface area contributed by atoms with Crippen molar-refractivity contribution in [2.45, 2.75) is 38.5 Å². The van der Waals surface area contributed by atoms with Crippen molar-refractivity contribution in [2.75, 3.05) is 13.2 Å². The Balaban J connectivity index is 1.91. The van der Waals surface area contributed by atoms with Crippen LogP contribution < -0.4 is 5.32 Å². The minimum Gasteiger partial charge on any atom is -0.445 e. The predicted octanol–water partition coefficient (Wildman–Crippen LogP) is 1.66. The fraction of sp³-hybridized carbons (Fsp3) is 0.529. The molecule has 1 saturated heterocycles. The highest BCUT2D eigenvalue weighted by Gasteiger charge is 2.54. The van der Waals surface area contributed by atoms with Crippen molar-refractivity contribution < 1.29 is 24.2 Å². The molecular weight excluding hydrogens is 298 g/mol. The van der Waals surface area contributed by atoms with Gasteiger partial charge >= 0.3 is 6.09 Å². The number of hydrogen-bond donors (Lipinski definition) is 2. The van der Waals surface area contributed by atoms with Crippen molar-refractivity contribution in [3.8, 4) is 0 Å². The minimum atomic E-state index is -1.15. The number of ether oxygens (including phenoxy) is 2. The van der Waals surface area contributed by atoms with Crippen molar-refractivity contribution in [3.05, 3.63) is 35.9 Å². The van der Waals surface area contributed by atoms with E-state index in [4.69, 9.17) is 9.47 Å². The Labute approximate surface area is 135 Å². The molecule has 1 aromatic rings. The molecule has 1 amide bonds. The number of rotatable bonds is 8. The third-order valence-electron chi connectivity index (χ3n) is 3.73. The zero-order valence-electron chi connectivity index (χ0n) is 13.5. The highest BCUT2D eigenvalue weighted by molar-refractivity contribution is 5.96. The van der Waals surface area contributed by atoms with E-state index in [1.165, 1.54) is 0 Å². The Kier molecular flexibility index (Phi) is 5.74. The molecule has 0 radical (unpaired) electrons. The van der Waals surface area contributed by atoms with E-state index < -0.39 is 17.7 Å². The summed E-state index contributed by atoms with van der Waals surface area (Å²) in [6.07, 6.45) is -0.189. The molecule has 23 heavy (non-hydrogen) atoms. The number of nitrogens with one attached hydrogen (secondary N) is 1. The maximum Gasteiger partial charge on any atom is 0.408 e. The van der Waals surface area contributed by atoms with Crippen molar-refractivity contribution >= 4 is 11.9 Å². The Bertz CT molecular complexity index is 539. The summed E-state index contributed by atoms with van der Waals surface area (Å²) in [7, 11) is 0. The fourth-order valence-electron chi connectivity index (χ4n) is 2.33. The average molecular weight is 321 g/mol. The summed E-state index contributed by atoms with van der Waals surface area (Å²) in [5.41, 5.74) is -0.279. The largest absolute Gasteiger partial charge is 0.445 e. The molecule has 0 saturated carbocycles. The van der Waals surface area contributed by atoms with Crippen LogP contribution >= 0.6 is 0 Å². The number of Topliss-reactive ketones (excluding diaryl/α,β-unsaturated/α-hetero) is 1. The Hall–Kier alpha value is -1.92. The van der Waals surface area contributed by atoms with Crippen LogP contribution in [0.25, 0.3) is 0 Å². The molecule has 1 aliphatic heterocycles. The van der Waals surface area contributed by atoms with Gasteiger partial charge in [0, 0.05) is 0 Å². The van der Waals surface area contributed by atoms with Gasteiger partial charge in [0.25, 0.3) is 0 Å². The van der Waals surface area contributed by atoms with Crippen LogP contribution in [0.4, 0.5) is 4.79 Å². The normalized spacial score (nSPS) is 20.9. The molecule has 0 bridgehead atoms. The number of amides is 1. The van der Waals surface area contributed by atoms with Gasteiger partial charge in [0.05, 0.1) is 19.3 Å². The van der Waals surface area contributed by atoms with Gasteiger partial charge in [0.15, 0.2) is 11.4 Å². The number of hydrogen-bond acceptors (Lipinski definition) is 5. The van der Waals surface area contributed by atoms with Gasteiger partial charge in [-0.15, -0.1) is 0 Å². The molecule has 0 unspecified atom stereocenters. The lowest BCUT2D eigenvalue weighted by atomic mass is 9.93. The predicted molar refractivity (Wildman–Crippen MR) is 83.8 cm³/mol. The molecule has 0 aromatic heterocycles. The molecule has 1 aromatic carbocycles. The SMILES string of the molecule is CC(C)C[C@H](NC(=O)OCc1ccccc1)C(=O)[C@@]1(CO)CO1. The first-order chi connectivity index (χ1) is 11.0. The molecule has 2 atom stereocenters. The van der Waals surface area contributed by atoms with Crippen LogP contribution in [0.2, 0.25) is 0 Å². The Morgan fingerprint density at radius 1 is 1.35 bits per heavy atom. The first kappa shape index (κ1) is 17.4. The number of aliphatic hydroxyl groups is 1. The molecule has 1 fully saturated rings. The quantitative estimate of drug-likeness (QED) is 0.711. The van der Waals surface area contributed by atoms with E-state index in [0.29, 0.717) is 6.42 Å². The monoisotopic (exact) mass is 321 g/mol. The number of epoxide rings is 1. The van der Waals surface area contributed by atoms with Gasteiger partial charge in [0.1, 0.15) is 6.61 Å². The Morgan fingerprint density at radius 3 is 2.52 bits per heavy atom. The fourth-order valence-corrected chi connectivity index (χ4v) is 2.33. The van der Waals surface area contributed by atoms with E-state index in [-0.39, 0.29) is 31.5 Å². The lowest BCUT2D eigenvalue weighted by Crippen LogP contribution is -2.48. The topological polar surface area (TPSA) is 88.2 Å². The van der Waals surface area contributed by atoms with Crippen LogP contribution in [0, 0.1) is 5.92 Å². The van der Waals surface area contributed by atoms with Gasteiger partial charge in [-0.2, -0.15) is 0 Å².